The minimum absolute atomic E-state index is 0.0428. The van der Waals surface area contributed by atoms with E-state index in [2.05, 4.69) is 0 Å². The van der Waals surface area contributed by atoms with Crippen molar-refractivity contribution in [2.75, 3.05) is 6.54 Å². The van der Waals surface area contributed by atoms with Gasteiger partial charge < -0.3 is 10.2 Å². The van der Waals surface area contributed by atoms with Gasteiger partial charge in [0.05, 0.1) is 5.92 Å². The molecular formula is C8H11NO4. The lowest BCUT2D eigenvalue weighted by Gasteiger charge is -2.16. The van der Waals surface area contributed by atoms with Crippen LogP contribution in [0.1, 0.15) is 12.8 Å². The van der Waals surface area contributed by atoms with E-state index < -0.39 is 18.0 Å². The van der Waals surface area contributed by atoms with Gasteiger partial charge in [-0.25, -0.2) is 4.79 Å². The molecule has 1 aliphatic rings. The van der Waals surface area contributed by atoms with E-state index in [9.17, 15) is 9.59 Å². The maximum atomic E-state index is 10.6. The van der Waals surface area contributed by atoms with E-state index in [1.165, 1.54) is 6.20 Å². The first-order valence-electron chi connectivity index (χ1n) is 4.00. The first kappa shape index (κ1) is 9.57. The van der Waals surface area contributed by atoms with Crippen LogP contribution in [0, 0.1) is 5.92 Å². The van der Waals surface area contributed by atoms with E-state index in [-0.39, 0.29) is 6.54 Å². The predicted octanol–water partition coefficient (Wildman–Crippen LogP) is 0.975. The Kier molecular flexibility index (Phi) is 2.89. The summed E-state index contributed by atoms with van der Waals surface area (Å²) in [6, 6.07) is 0. The van der Waals surface area contributed by atoms with Crippen LogP contribution in [0.2, 0.25) is 0 Å². The molecule has 0 aromatic rings. The molecule has 1 heterocycles. The number of rotatable bonds is 1. The molecule has 1 rings (SSSR count). The topological polar surface area (TPSA) is 77.8 Å². The highest BCUT2D eigenvalue weighted by atomic mass is 16.4. The second kappa shape index (κ2) is 3.93. The number of hydrogen-bond donors (Lipinski definition) is 2. The van der Waals surface area contributed by atoms with Crippen LogP contribution in [0.5, 0.6) is 0 Å². The Hall–Kier alpha value is -1.52. The molecule has 0 saturated carbocycles. The highest BCUT2D eigenvalue weighted by molar-refractivity contribution is 5.72. The van der Waals surface area contributed by atoms with Gasteiger partial charge in [0, 0.05) is 12.7 Å². The molecule has 0 aromatic carbocycles. The molecule has 1 aliphatic heterocycles. The Morgan fingerprint density at radius 2 is 2.08 bits per heavy atom. The van der Waals surface area contributed by atoms with Crippen molar-refractivity contribution in [1.82, 2.24) is 4.90 Å². The molecule has 2 N–H and O–H groups in total. The van der Waals surface area contributed by atoms with Crippen molar-refractivity contribution < 1.29 is 19.8 Å². The van der Waals surface area contributed by atoms with Crippen molar-refractivity contribution in [2.45, 2.75) is 12.8 Å². The van der Waals surface area contributed by atoms with Crippen LogP contribution >= 0.6 is 0 Å². The third kappa shape index (κ3) is 2.47. The van der Waals surface area contributed by atoms with E-state index in [1.54, 1.807) is 6.08 Å². The van der Waals surface area contributed by atoms with Crippen LogP contribution in [0.4, 0.5) is 4.79 Å². The zero-order valence-electron chi connectivity index (χ0n) is 7.01. The second-order valence-electron chi connectivity index (χ2n) is 2.93. The van der Waals surface area contributed by atoms with Crippen LogP contribution in [-0.4, -0.2) is 33.7 Å². The van der Waals surface area contributed by atoms with Gasteiger partial charge in [0.2, 0.25) is 0 Å². The summed E-state index contributed by atoms with van der Waals surface area (Å²) in [6.07, 6.45) is 3.10. The lowest BCUT2D eigenvalue weighted by molar-refractivity contribution is -0.142. The summed E-state index contributed by atoms with van der Waals surface area (Å²) in [7, 11) is 0. The molecule has 5 nitrogen and oxygen atoms in total. The molecule has 0 radical (unpaired) electrons. The van der Waals surface area contributed by atoms with E-state index in [1.807, 2.05) is 0 Å². The standard InChI is InChI=1S/C8H11NO4/c10-7(11)6-3-1-2-4-9(5-6)8(12)13/h2,4,6H,1,3,5H2,(H,10,11)(H,12,13). The highest BCUT2D eigenvalue weighted by Crippen LogP contribution is 2.14. The first-order chi connectivity index (χ1) is 6.11. The van der Waals surface area contributed by atoms with Crippen LogP contribution in [-0.2, 0) is 4.79 Å². The molecule has 1 unspecified atom stereocenters. The Morgan fingerprint density at radius 3 is 2.62 bits per heavy atom. The minimum Gasteiger partial charge on any atom is -0.481 e. The number of carboxylic acid groups (broad SMARTS) is 2. The summed E-state index contributed by atoms with van der Waals surface area (Å²) < 4.78 is 0. The lowest BCUT2D eigenvalue weighted by Crippen LogP contribution is -2.31. The summed E-state index contributed by atoms with van der Waals surface area (Å²) in [5.41, 5.74) is 0. The molecule has 13 heavy (non-hydrogen) atoms. The highest BCUT2D eigenvalue weighted by Gasteiger charge is 2.23. The predicted molar refractivity (Wildman–Crippen MR) is 44.2 cm³/mol. The van der Waals surface area contributed by atoms with Gasteiger partial charge in [0.15, 0.2) is 0 Å². The number of hydrogen-bond acceptors (Lipinski definition) is 2. The molecule has 1 amide bonds. The number of carbonyl (C=O) groups is 2. The van der Waals surface area contributed by atoms with Crippen LogP contribution in [0.3, 0.4) is 0 Å². The fourth-order valence-electron chi connectivity index (χ4n) is 1.23. The Labute approximate surface area is 75.3 Å². The van der Waals surface area contributed by atoms with Crippen LogP contribution < -0.4 is 0 Å². The van der Waals surface area contributed by atoms with Gasteiger partial charge in [-0.3, -0.25) is 9.69 Å². The van der Waals surface area contributed by atoms with Crippen molar-refractivity contribution in [1.29, 1.82) is 0 Å². The third-order valence-corrected chi connectivity index (χ3v) is 1.98. The summed E-state index contributed by atoms with van der Waals surface area (Å²) in [6.45, 7) is 0.0428. The largest absolute Gasteiger partial charge is 0.481 e. The normalized spacial score (nSPS) is 22.5. The zero-order valence-corrected chi connectivity index (χ0v) is 7.01. The Bertz CT molecular complexity index is 249. The van der Waals surface area contributed by atoms with Crippen molar-refractivity contribution in [3.05, 3.63) is 12.3 Å². The molecule has 0 bridgehead atoms. The Morgan fingerprint density at radius 1 is 1.38 bits per heavy atom. The molecule has 72 valence electrons. The van der Waals surface area contributed by atoms with Gasteiger partial charge in [-0.15, -0.1) is 0 Å². The maximum absolute atomic E-state index is 10.6. The van der Waals surface area contributed by atoms with Gasteiger partial charge in [-0.1, -0.05) is 6.08 Å². The van der Waals surface area contributed by atoms with Crippen molar-refractivity contribution in [3.8, 4) is 0 Å². The number of amides is 1. The molecule has 5 heteroatoms. The third-order valence-electron chi connectivity index (χ3n) is 1.98. The quantitative estimate of drug-likeness (QED) is 0.638. The van der Waals surface area contributed by atoms with Gasteiger partial charge >= 0.3 is 12.1 Å². The summed E-state index contributed by atoms with van der Waals surface area (Å²) in [5, 5.41) is 17.4. The summed E-state index contributed by atoms with van der Waals surface area (Å²) in [4.78, 5) is 22.2. The second-order valence-corrected chi connectivity index (χ2v) is 2.93. The van der Waals surface area contributed by atoms with Gasteiger partial charge in [0.25, 0.3) is 0 Å². The van der Waals surface area contributed by atoms with Crippen LogP contribution in [0.15, 0.2) is 12.3 Å². The molecule has 0 aromatic heterocycles. The maximum Gasteiger partial charge on any atom is 0.411 e. The lowest BCUT2D eigenvalue weighted by atomic mass is 10.0. The number of allylic oxidation sites excluding steroid dienone is 1. The minimum atomic E-state index is -1.11. The van der Waals surface area contributed by atoms with Gasteiger partial charge in [0.1, 0.15) is 0 Å². The molecule has 0 spiro atoms. The monoisotopic (exact) mass is 185 g/mol. The van der Waals surface area contributed by atoms with Crippen molar-refractivity contribution in [2.24, 2.45) is 5.92 Å². The fourth-order valence-corrected chi connectivity index (χ4v) is 1.23. The average molecular weight is 185 g/mol. The van der Waals surface area contributed by atoms with Crippen molar-refractivity contribution in [3.63, 3.8) is 0 Å². The zero-order chi connectivity index (χ0) is 9.84. The average Bonchev–Trinajstić information content (AvgIpc) is 2.28. The van der Waals surface area contributed by atoms with Crippen molar-refractivity contribution >= 4 is 12.1 Å². The van der Waals surface area contributed by atoms with E-state index in [0.717, 1.165) is 4.90 Å². The van der Waals surface area contributed by atoms with Gasteiger partial charge in [-0.05, 0) is 12.8 Å². The van der Waals surface area contributed by atoms with Gasteiger partial charge in [-0.2, -0.15) is 0 Å². The molecule has 1 atom stereocenters. The fraction of sp³-hybridized carbons (Fsp3) is 0.500. The van der Waals surface area contributed by atoms with E-state index in [0.29, 0.717) is 12.8 Å². The first-order valence-corrected chi connectivity index (χ1v) is 4.00. The SMILES string of the molecule is O=C(O)C1CCC=CN(C(=O)O)C1. The molecule has 0 fully saturated rings. The number of aliphatic carboxylic acids is 1. The van der Waals surface area contributed by atoms with Crippen LogP contribution in [0.25, 0.3) is 0 Å². The number of carboxylic acids is 1. The summed E-state index contributed by atoms with van der Waals surface area (Å²) in [5.74, 6) is -1.53. The molecular weight excluding hydrogens is 174 g/mol. The molecule has 0 saturated heterocycles. The van der Waals surface area contributed by atoms with E-state index >= 15 is 0 Å². The number of nitrogens with zero attached hydrogens (tertiary/aromatic N) is 1. The molecule has 0 aliphatic carbocycles. The smallest absolute Gasteiger partial charge is 0.411 e. The van der Waals surface area contributed by atoms with E-state index in [4.69, 9.17) is 10.2 Å². The summed E-state index contributed by atoms with van der Waals surface area (Å²) >= 11 is 0. The Balaban J connectivity index is 2.66.